The van der Waals surface area contributed by atoms with Crippen LogP contribution in [0.1, 0.15) is 46.0 Å². The van der Waals surface area contributed by atoms with Gasteiger partial charge in [0.15, 0.2) is 0 Å². The minimum absolute atomic E-state index is 0.000254. The Hall–Kier alpha value is -2.77. The maximum absolute atomic E-state index is 12.7. The predicted octanol–water partition coefficient (Wildman–Crippen LogP) is -3.10. The summed E-state index contributed by atoms with van der Waals surface area (Å²) in [5.74, 6) is -4.50. The summed E-state index contributed by atoms with van der Waals surface area (Å²) in [4.78, 5) is 59.6. The molecule has 0 bridgehead atoms. The largest absolute Gasteiger partial charge is 0.480 e. The zero-order valence-electron chi connectivity index (χ0n) is 18.5. The fourth-order valence-electron chi connectivity index (χ4n) is 2.78. The van der Waals surface area contributed by atoms with Crippen LogP contribution in [0.25, 0.3) is 0 Å². The molecule has 0 aliphatic carbocycles. The molecule has 0 aliphatic rings. The lowest BCUT2D eigenvalue weighted by Gasteiger charge is -2.25. The zero-order valence-corrected chi connectivity index (χ0v) is 18.5. The molecule has 0 aliphatic heterocycles. The topological polar surface area (TPSA) is 240 Å². The first-order valence-electron chi connectivity index (χ1n) is 10.4. The molecule has 13 heteroatoms. The number of amides is 4. The van der Waals surface area contributed by atoms with Gasteiger partial charge < -0.3 is 43.4 Å². The Bertz CT molecular complexity index is 658. The number of unbranched alkanes of at least 4 members (excludes halogenated alkanes) is 1. The maximum Gasteiger partial charge on any atom is 0.326 e. The third kappa shape index (κ3) is 11.6. The number of aliphatic hydroxyl groups is 1. The summed E-state index contributed by atoms with van der Waals surface area (Å²) in [7, 11) is 0. The van der Waals surface area contributed by atoms with Gasteiger partial charge in [0.2, 0.25) is 23.6 Å². The first-order valence-corrected chi connectivity index (χ1v) is 10.4. The van der Waals surface area contributed by atoms with Crippen molar-refractivity contribution in [3.63, 3.8) is 0 Å². The van der Waals surface area contributed by atoms with E-state index in [1.54, 1.807) is 13.8 Å². The summed E-state index contributed by atoms with van der Waals surface area (Å²) in [6, 6.07) is -5.02. The molecule has 0 saturated carbocycles. The highest BCUT2D eigenvalue weighted by Gasteiger charge is 2.30. The number of hydrogen-bond acceptors (Lipinski definition) is 8. The van der Waals surface area contributed by atoms with E-state index >= 15 is 0 Å². The average molecular weight is 461 g/mol. The molecule has 0 spiro atoms. The normalized spacial score (nSPS) is 14.7. The van der Waals surface area contributed by atoms with E-state index in [1.807, 2.05) is 0 Å². The van der Waals surface area contributed by atoms with E-state index in [0.29, 0.717) is 19.4 Å². The minimum Gasteiger partial charge on any atom is -0.480 e. The highest BCUT2D eigenvalue weighted by Crippen LogP contribution is 2.07. The van der Waals surface area contributed by atoms with Crippen molar-refractivity contribution in [1.29, 1.82) is 0 Å². The van der Waals surface area contributed by atoms with E-state index in [2.05, 4.69) is 16.0 Å². The predicted molar refractivity (Wildman–Crippen MR) is 115 cm³/mol. The molecule has 4 unspecified atom stereocenters. The first-order chi connectivity index (χ1) is 14.9. The Kier molecular flexibility index (Phi) is 13.8. The van der Waals surface area contributed by atoms with Crippen molar-refractivity contribution in [3.05, 3.63) is 0 Å². The van der Waals surface area contributed by atoms with Gasteiger partial charge in [0.25, 0.3) is 0 Å². The third-order valence-electron chi connectivity index (χ3n) is 4.48. The SMILES string of the molecule is CC(C)CC(NC(=O)C(CCCCN)NC(=O)C(CO)NC(=O)C(N)CC(N)=O)C(=O)O. The van der Waals surface area contributed by atoms with Gasteiger partial charge in [0.1, 0.15) is 18.1 Å². The number of carboxylic acids is 1. The lowest BCUT2D eigenvalue weighted by molar-refractivity contribution is -0.143. The number of primary amides is 1. The minimum atomic E-state index is -1.45. The molecular weight excluding hydrogens is 424 g/mol. The second-order valence-electron chi connectivity index (χ2n) is 7.90. The van der Waals surface area contributed by atoms with Crippen molar-refractivity contribution in [2.75, 3.05) is 13.2 Å². The van der Waals surface area contributed by atoms with Crippen LogP contribution in [-0.2, 0) is 24.0 Å². The number of nitrogens with one attached hydrogen (secondary N) is 3. The molecule has 0 fully saturated rings. The van der Waals surface area contributed by atoms with E-state index in [-0.39, 0.29) is 18.8 Å². The van der Waals surface area contributed by atoms with Gasteiger partial charge in [-0.3, -0.25) is 19.2 Å². The van der Waals surface area contributed by atoms with Crippen LogP contribution in [0, 0.1) is 5.92 Å². The zero-order chi connectivity index (χ0) is 24.8. The lowest BCUT2D eigenvalue weighted by Crippen LogP contribution is -2.58. The number of carbonyl (C=O) groups excluding carboxylic acids is 4. The molecule has 4 amide bonds. The Morgan fingerprint density at radius 1 is 0.875 bits per heavy atom. The highest BCUT2D eigenvalue weighted by atomic mass is 16.4. The van der Waals surface area contributed by atoms with Gasteiger partial charge in [-0.1, -0.05) is 13.8 Å². The molecule has 0 rings (SSSR count). The van der Waals surface area contributed by atoms with Gasteiger partial charge in [-0.15, -0.1) is 0 Å². The van der Waals surface area contributed by atoms with Crippen LogP contribution >= 0.6 is 0 Å². The average Bonchev–Trinajstić information content (AvgIpc) is 2.69. The molecule has 0 aromatic heterocycles. The Labute approximate surface area is 186 Å². The molecule has 0 aromatic rings. The van der Waals surface area contributed by atoms with Crippen molar-refractivity contribution >= 4 is 29.6 Å². The van der Waals surface area contributed by atoms with Gasteiger partial charge in [0.05, 0.1) is 19.1 Å². The summed E-state index contributed by atoms with van der Waals surface area (Å²) in [5.41, 5.74) is 16.0. The summed E-state index contributed by atoms with van der Waals surface area (Å²) >= 11 is 0. The Morgan fingerprint density at radius 3 is 1.88 bits per heavy atom. The second-order valence-corrected chi connectivity index (χ2v) is 7.90. The van der Waals surface area contributed by atoms with E-state index in [9.17, 15) is 34.2 Å². The molecule has 0 radical (unpaired) electrons. The van der Waals surface area contributed by atoms with Gasteiger partial charge in [-0.2, -0.15) is 0 Å². The quantitative estimate of drug-likeness (QED) is 0.109. The van der Waals surface area contributed by atoms with Crippen molar-refractivity contribution in [2.45, 2.75) is 70.1 Å². The van der Waals surface area contributed by atoms with Crippen molar-refractivity contribution in [3.8, 4) is 0 Å². The van der Waals surface area contributed by atoms with E-state index in [0.717, 1.165) is 0 Å². The van der Waals surface area contributed by atoms with E-state index in [1.165, 1.54) is 0 Å². The van der Waals surface area contributed by atoms with Crippen LogP contribution in [0.15, 0.2) is 0 Å². The number of carbonyl (C=O) groups is 5. The Morgan fingerprint density at radius 2 is 1.41 bits per heavy atom. The summed E-state index contributed by atoms with van der Waals surface area (Å²) in [6.45, 7) is 3.17. The highest BCUT2D eigenvalue weighted by molar-refractivity contribution is 5.95. The summed E-state index contributed by atoms with van der Waals surface area (Å²) in [6.07, 6.45) is 0.933. The van der Waals surface area contributed by atoms with Crippen LogP contribution in [0.5, 0.6) is 0 Å². The molecule has 13 nitrogen and oxygen atoms in total. The Balaban J connectivity index is 5.28. The molecular formula is C19H36N6O7. The van der Waals surface area contributed by atoms with Crippen molar-refractivity contribution in [1.82, 2.24) is 16.0 Å². The molecule has 0 heterocycles. The van der Waals surface area contributed by atoms with Crippen LogP contribution in [0.2, 0.25) is 0 Å². The van der Waals surface area contributed by atoms with Gasteiger partial charge >= 0.3 is 5.97 Å². The van der Waals surface area contributed by atoms with Crippen LogP contribution in [0.4, 0.5) is 0 Å². The van der Waals surface area contributed by atoms with Crippen molar-refractivity contribution in [2.24, 2.45) is 23.1 Å². The monoisotopic (exact) mass is 460 g/mol. The number of aliphatic hydroxyl groups excluding tert-OH is 1. The number of aliphatic carboxylic acids is 1. The maximum atomic E-state index is 12.7. The van der Waals surface area contributed by atoms with E-state index < -0.39 is 66.8 Å². The first kappa shape index (κ1) is 29.2. The van der Waals surface area contributed by atoms with Gasteiger partial charge in [-0.05, 0) is 38.1 Å². The number of hydrogen-bond donors (Lipinski definition) is 8. The number of rotatable bonds is 16. The molecule has 11 N–H and O–H groups in total. The number of carboxylic acid groups (broad SMARTS) is 1. The van der Waals surface area contributed by atoms with Gasteiger partial charge in [0, 0.05) is 0 Å². The third-order valence-corrected chi connectivity index (χ3v) is 4.48. The number of nitrogens with two attached hydrogens (primary N) is 3. The van der Waals surface area contributed by atoms with Crippen LogP contribution in [0.3, 0.4) is 0 Å². The standard InChI is InChI=1S/C19H36N6O7/c1-10(2)7-13(19(31)32)24-17(29)12(5-3-4-6-20)23-18(30)14(9-26)25-16(28)11(21)8-15(22)27/h10-14,26H,3-9,20-21H2,1-2H3,(H2,22,27)(H,23,30)(H,24,29)(H,25,28)(H,31,32). The van der Waals surface area contributed by atoms with E-state index in [4.69, 9.17) is 17.2 Å². The van der Waals surface area contributed by atoms with Crippen LogP contribution in [-0.4, -0.2) is 77.1 Å². The lowest BCUT2D eigenvalue weighted by atomic mass is 10.0. The summed E-state index contributed by atoms with van der Waals surface area (Å²) in [5, 5.41) is 25.9. The molecule has 4 atom stereocenters. The fourth-order valence-corrected chi connectivity index (χ4v) is 2.78. The van der Waals surface area contributed by atoms with Crippen molar-refractivity contribution < 1.29 is 34.2 Å². The molecule has 32 heavy (non-hydrogen) atoms. The fraction of sp³-hybridized carbons (Fsp3) is 0.737. The second kappa shape index (κ2) is 15.1. The van der Waals surface area contributed by atoms with Crippen LogP contribution < -0.4 is 33.2 Å². The molecule has 0 saturated heterocycles. The smallest absolute Gasteiger partial charge is 0.326 e. The van der Waals surface area contributed by atoms with Gasteiger partial charge in [-0.25, -0.2) is 4.79 Å². The summed E-state index contributed by atoms with van der Waals surface area (Å²) < 4.78 is 0. The molecule has 0 aromatic carbocycles. The molecule has 184 valence electrons.